The van der Waals surface area contributed by atoms with Crippen LogP contribution in [-0.2, 0) is 24.2 Å². The maximum absolute atomic E-state index is 13.8. The molecule has 4 rings (SSSR count). The average Bonchev–Trinajstić information content (AvgIpc) is 3.51. The number of nitrogens with zero attached hydrogens (tertiary/aromatic N) is 3. The van der Waals surface area contributed by atoms with Crippen LogP contribution in [0, 0.1) is 12.7 Å². The Morgan fingerprint density at radius 2 is 2.03 bits per heavy atom. The second-order valence-electron chi connectivity index (χ2n) is 7.84. The molecule has 10 heteroatoms. The quantitative estimate of drug-likeness (QED) is 0.261. The fourth-order valence-electron chi connectivity index (χ4n) is 3.65. The number of aromatic amines is 1. The SMILES string of the molecule is CCc1cc(F)cc(C)c1NC(Cc1ccc(-c2nnc(CNc3ncc[nH]3)s2)cc1)C(=O)O. The summed E-state index contributed by atoms with van der Waals surface area (Å²) in [6, 6.07) is 9.64. The minimum atomic E-state index is -0.965. The number of anilines is 2. The van der Waals surface area contributed by atoms with Crippen LogP contribution in [0.3, 0.4) is 0 Å². The normalized spacial score (nSPS) is 11.9. The van der Waals surface area contributed by atoms with Crippen molar-refractivity contribution < 1.29 is 14.3 Å². The van der Waals surface area contributed by atoms with E-state index in [0.717, 1.165) is 26.7 Å². The number of halogens is 1. The third-order valence-corrected chi connectivity index (χ3v) is 6.36. The summed E-state index contributed by atoms with van der Waals surface area (Å²) in [6.45, 7) is 4.20. The number of aromatic nitrogens is 4. The summed E-state index contributed by atoms with van der Waals surface area (Å²) < 4.78 is 13.8. The van der Waals surface area contributed by atoms with Gasteiger partial charge in [0.1, 0.15) is 21.9 Å². The van der Waals surface area contributed by atoms with Crippen LogP contribution in [0.25, 0.3) is 10.6 Å². The molecule has 0 fully saturated rings. The Labute approximate surface area is 200 Å². The first-order valence-corrected chi connectivity index (χ1v) is 11.7. The van der Waals surface area contributed by atoms with Crippen LogP contribution in [0.15, 0.2) is 48.8 Å². The van der Waals surface area contributed by atoms with Crippen molar-refractivity contribution in [3.05, 3.63) is 76.3 Å². The van der Waals surface area contributed by atoms with Crippen molar-refractivity contribution in [1.29, 1.82) is 0 Å². The van der Waals surface area contributed by atoms with E-state index < -0.39 is 12.0 Å². The van der Waals surface area contributed by atoms with Crippen LogP contribution in [0.4, 0.5) is 16.0 Å². The van der Waals surface area contributed by atoms with E-state index in [-0.39, 0.29) is 12.2 Å². The van der Waals surface area contributed by atoms with Crippen molar-refractivity contribution in [3.8, 4) is 10.6 Å². The number of imidazole rings is 1. The highest BCUT2D eigenvalue weighted by Gasteiger charge is 2.20. The van der Waals surface area contributed by atoms with E-state index in [9.17, 15) is 14.3 Å². The second kappa shape index (κ2) is 10.4. The van der Waals surface area contributed by atoms with Crippen molar-refractivity contribution in [3.63, 3.8) is 0 Å². The fraction of sp³-hybridized carbons (Fsp3) is 0.250. The molecule has 34 heavy (non-hydrogen) atoms. The van der Waals surface area contributed by atoms with Crippen molar-refractivity contribution in [1.82, 2.24) is 20.2 Å². The summed E-state index contributed by atoms with van der Waals surface area (Å²) in [5, 5.41) is 26.1. The number of carboxylic acid groups (broad SMARTS) is 1. The fourth-order valence-corrected chi connectivity index (χ4v) is 4.44. The third kappa shape index (κ3) is 5.57. The van der Waals surface area contributed by atoms with Crippen LogP contribution in [-0.4, -0.2) is 37.3 Å². The van der Waals surface area contributed by atoms with Gasteiger partial charge in [-0.2, -0.15) is 0 Å². The van der Waals surface area contributed by atoms with Gasteiger partial charge in [-0.05, 0) is 42.2 Å². The first kappa shape index (κ1) is 23.4. The number of aliphatic carboxylic acids is 1. The number of rotatable bonds is 10. The predicted octanol–water partition coefficient (Wildman–Crippen LogP) is 4.66. The van der Waals surface area contributed by atoms with Gasteiger partial charge < -0.3 is 20.7 Å². The summed E-state index contributed by atoms with van der Waals surface area (Å²) >= 11 is 1.48. The minimum absolute atomic E-state index is 0.282. The molecule has 0 radical (unpaired) electrons. The number of H-pyrrole nitrogens is 1. The summed E-state index contributed by atoms with van der Waals surface area (Å²) in [5.74, 6) is -0.615. The molecule has 4 N–H and O–H groups in total. The van der Waals surface area contributed by atoms with Crippen LogP contribution >= 0.6 is 11.3 Å². The number of aryl methyl sites for hydroxylation is 2. The molecule has 1 unspecified atom stereocenters. The lowest BCUT2D eigenvalue weighted by atomic mass is 10.0. The third-order valence-electron chi connectivity index (χ3n) is 5.39. The highest BCUT2D eigenvalue weighted by molar-refractivity contribution is 7.14. The first-order chi connectivity index (χ1) is 16.4. The molecule has 8 nitrogen and oxygen atoms in total. The molecule has 0 bridgehead atoms. The van der Waals surface area contributed by atoms with E-state index in [1.54, 1.807) is 19.3 Å². The molecule has 0 aliphatic heterocycles. The van der Waals surface area contributed by atoms with Crippen LogP contribution < -0.4 is 10.6 Å². The van der Waals surface area contributed by atoms with Crippen molar-refractivity contribution in [2.24, 2.45) is 0 Å². The van der Waals surface area contributed by atoms with Crippen LogP contribution in [0.2, 0.25) is 0 Å². The minimum Gasteiger partial charge on any atom is -0.480 e. The molecular formula is C24H25FN6O2S. The van der Waals surface area contributed by atoms with Gasteiger partial charge in [0.05, 0.1) is 6.54 Å². The lowest BCUT2D eigenvalue weighted by Crippen LogP contribution is -2.32. The Morgan fingerprint density at radius 1 is 1.24 bits per heavy atom. The predicted molar refractivity (Wildman–Crippen MR) is 131 cm³/mol. The molecule has 0 amide bonds. The van der Waals surface area contributed by atoms with E-state index >= 15 is 0 Å². The Morgan fingerprint density at radius 3 is 2.71 bits per heavy atom. The van der Waals surface area contributed by atoms with Gasteiger partial charge in [0, 0.05) is 30.1 Å². The molecule has 4 aromatic rings. The molecule has 0 aliphatic carbocycles. The Kier molecular flexibility index (Phi) is 7.17. The number of carbonyl (C=O) groups is 1. The molecular weight excluding hydrogens is 455 g/mol. The lowest BCUT2D eigenvalue weighted by Gasteiger charge is -2.20. The van der Waals surface area contributed by atoms with Crippen LogP contribution in [0.1, 0.15) is 28.6 Å². The van der Waals surface area contributed by atoms with E-state index in [2.05, 4.69) is 30.8 Å². The zero-order valence-corrected chi connectivity index (χ0v) is 19.6. The Balaban J connectivity index is 1.43. The molecule has 0 saturated carbocycles. The molecule has 2 aromatic carbocycles. The summed E-state index contributed by atoms with van der Waals surface area (Å²) in [4.78, 5) is 19.0. The highest BCUT2D eigenvalue weighted by atomic mass is 32.1. The zero-order chi connectivity index (χ0) is 24.1. The first-order valence-electron chi connectivity index (χ1n) is 10.9. The van der Waals surface area contributed by atoms with Crippen molar-refractivity contribution in [2.75, 3.05) is 10.6 Å². The second-order valence-corrected chi connectivity index (χ2v) is 8.90. The van der Waals surface area contributed by atoms with Gasteiger partial charge in [0.25, 0.3) is 0 Å². The Bertz CT molecular complexity index is 1260. The lowest BCUT2D eigenvalue weighted by molar-refractivity contribution is -0.137. The van der Waals surface area contributed by atoms with E-state index in [0.29, 0.717) is 30.2 Å². The average molecular weight is 481 g/mol. The molecule has 2 heterocycles. The molecule has 2 aromatic heterocycles. The van der Waals surface area contributed by atoms with E-state index in [4.69, 9.17) is 0 Å². The Hall–Kier alpha value is -3.79. The van der Waals surface area contributed by atoms with E-state index in [1.807, 2.05) is 31.2 Å². The van der Waals surface area contributed by atoms with Crippen molar-refractivity contribution >= 4 is 28.9 Å². The number of nitrogens with one attached hydrogen (secondary N) is 3. The van der Waals surface area contributed by atoms with Gasteiger partial charge in [0.2, 0.25) is 0 Å². The summed E-state index contributed by atoms with van der Waals surface area (Å²) in [6.07, 6.45) is 4.29. The molecule has 0 aliphatic rings. The smallest absolute Gasteiger partial charge is 0.326 e. The molecule has 0 spiro atoms. The number of carboxylic acids is 1. The zero-order valence-electron chi connectivity index (χ0n) is 18.8. The standard InChI is InChI=1S/C24H25FN6O2S/c1-3-16-12-18(25)10-14(2)21(16)29-19(23(32)33)11-15-4-6-17(7-5-15)22-31-30-20(34-22)13-28-24-26-8-9-27-24/h4-10,12,19,29H,3,11,13H2,1-2H3,(H,32,33)(H2,26,27,28). The summed E-state index contributed by atoms with van der Waals surface area (Å²) in [7, 11) is 0. The van der Waals surface area contributed by atoms with Gasteiger partial charge in [-0.15, -0.1) is 10.2 Å². The monoisotopic (exact) mass is 480 g/mol. The van der Waals surface area contributed by atoms with Gasteiger partial charge in [-0.3, -0.25) is 0 Å². The maximum Gasteiger partial charge on any atom is 0.326 e. The van der Waals surface area contributed by atoms with Gasteiger partial charge >= 0.3 is 5.97 Å². The number of hydrogen-bond donors (Lipinski definition) is 4. The highest BCUT2D eigenvalue weighted by Crippen LogP contribution is 2.26. The molecule has 0 saturated heterocycles. The van der Waals surface area contributed by atoms with E-state index in [1.165, 1.54) is 23.5 Å². The molecule has 176 valence electrons. The topological polar surface area (TPSA) is 116 Å². The maximum atomic E-state index is 13.8. The van der Waals surface area contributed by atoms with Gasteiger partial charge in [-0.25, -0.2) is 14.2 Å². The largest absolute Gasteiger partial charge is 0.480 e. The molecule has 1 atom stereocenters. The number of benzene rings is 2. The van der Waals surface area contributed by atoms with Gasteiger partial charge in [-0.1, -0.05) is 42.5 Å². The van der Waals surface area contributed by atoms with Crippen LogP contribution in [0.5, 0.6) is 0 Å². The summed E-state index contributed by atoms with van der Waals surface area (Å²) in [5.41, 5.74) is 3.90. The van der Waals surface area contributed by atoms with Gasteiger partial charge in [0.15, 0.2) is 5.95 Å². The van der Waals surface area contributed by atoms with Crippen molar-refractivity contribution in [2.45, 2.75) is 39.3 Å². The number of hydrogen-bond acceptors (Lipinski definition) is 7.